The fourth-order valence-corrected chi connectivity index (χ4v) is 5.95. The van der Waals surface area contributed by atoms with E-state index >= 15 is 0 Å². The highest BCUT2D eigenvalue weighted by Gasteiger charge is 2.43. The molecule has 1 saturated heterocycles. The van der Waals surface area contributed by atoms with E-state index in [0.29, 0.717) is 30.8 Å². The van der Waals surface area contributed by atoms with Crippen LogP contribution in [0.3, 0.4) is 0 Å². The van der Waals surface area contributed by atoms with Crippen molar-refractivity contribution in [2.45, 2.75) is 76.7 Å². The van der Waals surface area contributed by atoms with E-state index in [0.717, 1.165) is 79.9 Å². The first-order valence-electron chi connectivity index (χ1n) is 12.2. The molecule has 2 aliphatic carbocycles. The number of aryl methyl sites for hydroxylation is 2. The molecule has 0 bridgehead atoms. The van der Waals surface area contributed by atoms with Crippen LogP contribution in [0.5, 0.6) is 5.75 Å². The number of carbonyl (C=O) groups is 1. The number of likely N-dealkylation sites (tertiary alicyclic amines) is 1. The van der Waals surface area contributed by atoms with Crippen LogP contribution in [0.4, 0.5) is 0 Å². The van der Waals surface area contributed by atoms with E-state index < -0.39 is 5.60 Å². The predicted octanol–water partition coefficient (Wildman–Crippen LogP) is 3.77. The Morgan fingerprint density at radius 2 is 2.00 bits per heavy atom. The van der Waals surface area contributed by atoms with Gasteiger partial charge in [0, 0.05) is 36.0 Å². The zero-order chi connectivity index (χ0) is 22.3. The second-order valence-corrected chi connectivity index (χ2v) is 9.79. The summed E-state index contributed by atoms with van der Waals surface area (Å²) in [5.74, 6) is 0.728. The van der Waals surface area contributed by atoms with Crippen LogP contribution in [0.2, 0.25) is 0 Å². The molecule has 1 saturated carbocycles. The summed E-state index contributed by atoms with van der Waals surface area (Å²) in [6.45, 7) is 3.21. The molecule has 1 aliphatic heterocycles. The van der Waals surface area contributed by atoms with Gasteiger partial charge in [0.25, 0.3) is 5.91 Å². The number of ether oxygens (including phenoxy) is 1. The van der Waals surface area contributed by atoms with E-state index in [2.05, 4.69) is 13.0 Å². The third kappa shape index (κ3) is 3.83. The highest BCUT2D eigenvalue weighted by atomic mass is 16.5. The number of rotatable bonds is 4. The van der Waals surface area contributed by atoms with E-state index in [1.807, 2.05) is 4.90 Å². The summed E-state index contributed by atoms with van der Waals surface area (Å²) in [4.78, 5) is 27.2. The van der Waals surface area contributed by atoms with E-state index in [4.69, 9.17) is 9.15 Å². The molecule has 2 unspecified atom stereocenters. The number of benzene rings is 1. The van der Waals surface area contributed by atoms with Crippen molar-refractivity contribution in [2.75, 3.05) is 19.7 Å². The van der Waals surface area contributed by atoms with Crippen molar-refractivity contribution < 1.29 is 19.1 Å². The molecule has 2 heterocycles. The molecule has 0 radical (unpaired) electrons. The standard InChI is InChI=1S/C26H33NO5/c1-2-17-13-21-19-8-3-4-9-20(19)25(29)32-23(21)14-22(17)31-16-24(28)27-12-11-26(30)10-6-5-7-18(26)15-27/h13-14,18,30H,2-12,15-16H2,1H3. The Bertz CT molecular complexity index is 1090. The highest BCUT2D eigenvalue weighted by Crippen LogP contribution is 2.40. The second kappa shape index (κ2) is 8.54. The van der Waals surface area contributed by atoms with Crippen molar-refractivity contribution in [3.8, 4) is 5.75 Å². The average molecular weight is 440 g/mol. The van der Waals surface area contributed by atoms with Crippen LogP contribution >= 0.6 is 0 Å². The van der Waals surface area contributed by atoms with Crippen LogP contribution in [-0.2, 0) is 24.1 Å². The molecule has 172 valence electrons. The third-order valence-corrected chi connectivity index (χ3v) is 7.92. The van der Waals surface area contributed by atoms with Gasteiger partial charge in [-0.3, -0.25) is 4.79 Å². The van der Waals surface area contributed by atoms with Gasteiger partial charge in [0.2, 0.25) is 0 Å². The fourth-order valence-electron chi connectivity index (χ4n) is 5.95. The number of aliphatic hydroxyl groups is 1. The molecule has 6 nitrogen and oxygen atoms in total. The smallest absolute Gasteiger partial charge is 0.339 e. The molecule has 1 amide bonds. The monoisotopic (exact) mass is 439 g/mol. The van der Waals surface area contributed by atoms with Crippen LogP contribution in [-0.4, -0.2) is 41.2 Å². The molecule has 2 aromatic rings. The van der Waals surface area contributed by atoms with Crippen molar-refractivity contribution in [3.05, 3.63) is 39.2 Å². The fraction of sp³-hybridized carbons (Fsp3) is 0.615. The zero-order valence-corrected chi connectivity index (χ0v) is 19.0. The summed E-state index contributed by atoms with van der Waals surface area (Å²) in [5, 5.41) is 11.9. The van der Waals surface area contributed by atoms with Crippen molar-refractivity contribution in [1.29, 1.82) is 0 Å². The average Bonchev–Trinajstić information content (AvgIpc) is 2.81. The number of amides is 1. The van der Waals surface area contributed by atoms with Gasteiger partial charge in [-0.05, 0) is 68.6 Å². The van der Waals surface area contributed by atoms with Gasteiger partial charge in [0.1, 0.15) is 11.3 Å². The summed E-state index contributed by atoms with van der Waals surface area (Å²) in [5.41, 5.74) is 2.66. The van der Waals surface area contributed by atoms with Gasteiger partial charge < -0.3 is 19.2 Å². The maximum atomic E-state index is 12.9. The normalized spacial score (nSPS) is 25.3. The number of carbonyl (C=O) groups excluding carboxylic acids is 1. The Balaban J connectivity index is 1.34. The quantitative estimate of drug-likeness (QED) is 0.734. The lowest BCUT2D eigenvalue weighted by Gasteiger charge is -2.47. The van der Waals surface area contributed by atoms with Gasteiger partial charge in [-0.1, -0.05) is 19.8 Å². The Hall–Kier alpha value is -2.34. The molecule has 2 fully saturated rings. The van der Waals surface area contributed by atoms with Gasteiger partial charge in [-0.15, -0.1) is 0 Å². The number of hydrogen-bond acceptors (Lipinski definition) is 5. The minimum absolute atomic E-state index is 0.0428. The van der Waals surface area contributed by atoms with Crippen LogP contribution in [0, 0.1) is 5.92 Å². The molecule has 1 N–H and O–H groups in total. The molecule has 1 aromatic carbocycles. The molecule has 3 aliphatic rings. The Kier molecular flexibility index (Phi) is 5.74. The van der Waals surface area contributed by atoms with Crippen molar-refractivity contribution in [3.63, 3.8) is 0 Å². The third-order valence-electron chi connectivity index (χ3n) is 7.92. The minimum atomic E-state index is -0.597. The highest BCUT2D eigenvalue weighted by molar-refractivity contribution is 5.84. The summed E-state index contributed by atoms with van der Waals surface area (Å²) in [6, 6.07) is 3.86. The molecule has 1 aromatic heterocycles. The lowest BCUT2D eigenvalue weighted by Crippen LogP contribution is -2.55. The lowest BCUT2D eigenvalue weighted by molar-refractivity contribution is -0.145. The molecule has 32 heavy (non-hydrogen) atoms. The summed E-state index contributed by atoms with van der Waals surface area (Å²) >= 11 is 0. The largest absolute Gasteiger partial charge is 0.483 e. The molecule has 6 heteroatoms. The predicted molar refractivity (Wildman–Crippen MR) is 122 cm³/mol. The summed E-state index contributed by atoms with van der Waals surface area (Å²) < 4.78 is 11.6. The molecule has 2 atom stereocenters. The van der Waals surface area contributed by atoms with E-state index in [1.165, 1.54) is 0 Å². The SMILES string of the molecule is CCc1cc2c3c(c(=O)oc2cc1OCC(=O)N1CCC2(O)CCCCC2C1)CCCC3. The Morgan fingerprint density at radius 1 is 1.19 bits per heavy atom. The first-order chi connectivity index (χ1) is 15.5. The van der Waals surface area contributed by atoms with Crippen LogP contribution in [0.25, 0.3) is 11.0 Å². The number of hydrogen-bond donors (Lipinski definition) is 1. The van der Waals surface area contributed by atoms with E-state index in [9.17, 15) is 14.7 Å². The number of piperidine rings is 1. The number of fused-ring (bicyclic) bond motifs is 4. The molecular formula is C26H33NO5. The molecule has 5 rings (SSSR count). The molecule has 0 spiro atoms. The zero-order valence-electron chi connectivity index (χ0n) is 19.0. The van der Waals surface area contributed by atoms with Gasteiger partial charge in [0.05, 0.1) is 5.60 Å². The maximum absolute atomic E-state index is 12.9. The van der Waals surface area contributed by atoms with Crippen molar-refractivity contribution in [2.24, 2.45) is 5.92 Å². The summed E-state index contributed by atoms with van der Waals surface area (Å²) in [6.07, 6.45) is 9.25. The second-order valence-electron chi connectivity index (χ2n) is 9.79. The van der Waals surface area contributed by atoms with Crippen LogP contribution in [0.1, 0.15) is 68.6 Å². The van der Waals surface area contributed by atoms with Crippen molar-refractivity contribution in [1.82, 2.24) is 4.90 Å². The van der Waals surface area contributed by atoms with E-state index in [1.54, 1.807) is 6.07 Å². The topological polar surface area (TPSA) is 80.0 Å². The van der Waals surface area contributed by atoms with Crippen molar-refractivity contribution >= 4 is 16.9 Å². The first kappa shape index (κ1) is 21.5. The van der Waals surface area contributed by atoms with Crippen LogP contribution < -0.4 is 10.4 Å². The first-order valence-corrected chi connectivity index (χ1v) is 12.2. The van der Waals surface area contributed by atoms with Gasteiger partial charge >= 0.3 is 5.63 Å². The summed E-state index contributed by atoms with van der Waals surface area (Å²) in [7, 11) is 0. The Morgan fingerprint density at radius 3 is 2.81 bits per heavy atom. The minimum Gasteiger partial charge on any atom is -0.483 e. The lowest BCUT2D eigenvalue weighted by atomic mass is 9.71. The van der Waals surface area contributed by atoms with Gasteiger partial charge in [-0.2, -0.15) is 0 Å². The number of nitrogens with zero attached hydrogens (tertiary/aromatic N) is 1. The van der Waals surface area contributed by atoms with Crippen LogP contribution in [0.15, 0.2) is 21.3 Å². The van der Waals surface area contributed by atoms with E-state index in [-0.39, 0.29) is 24.1 Å². The van der Waals surface area contributed by atoms with Gasteiger partial charge in [0.15, 0.2) is 6.61 Å². The molecular weight excluding hydrogens is 406 g/mol. The van der Waals surface area contributed by atoms with Gasteiger partial charge in [-0.25, -0.2) is 4.79 Å². The Labute approximate surface area is 188 Å². The maximum Gasteiger partial charge on any atom is 0.339 e.